The van der Waals surface area contributed by atoms with Crippen LogP contribution in [0.15, 0.2) is 89.8 Å². The Bertz CT molecular complexity index is 1180. The maximum absolute atomic E-state index is 12.9. The second-order valence-electron chi connectivity index (χ2n) is 8.42. The lowest BCUT2D eigenvalue weighted by Crippen LogP contribution is -2.48. The zero-order valence-corrected chi connectivity index (χ0v) is 20.1. The van der Waals surface area contributed by atoms with Crippen LogP contribution in [-0.2, 0) is 21.4 Å². The van der Waals surface area contributed by atoms with Crippen LogP contribution < -0.4 is 10.2 Å². The number of hydrogen-bond acceptors (Lipinski definition) is 5. The van der Waals surface area contributed by atoms with Crippen molar-refractivity contribution < 1.29 is 13.2 Å². The van der Waals surface area contributed by atoms with E-state index in [1.807, 2.05) is 48.5 Å². The lowest BCUT2D eigenvalue weighted by atomic mass is 10.2. The van der Waals surface area contributed by atoms with E-state index in [9.17, 15) is 13.2 Å². The molecule has 1 aliphatic rings. The van der Waals surface area contributed by atoms with E-state index in [-0.39, 0.29) is 10.8 Å². The van der Waals surface area contributed by atoms with Crippen LogP contribution in [0.4, 0.5) is 11.4 Å². The average Bonchev–Trinajstić information content (AvgIpc) is 2.86. The smallest absolute Gasteiger partial charge is 0.243 e. The highest BCUT2D eigenvalue weighted by atomic mass is 32.2. The molecule has 178 valence electrons. The second kappa shape index (κ2) is 10.8. The van der Waals surface area contributed by atoms with Crippen LogP contribution in [0.5, 0.6) is 0 Å². The van der Waals surface area contributed by atoms with Crippen molar-refractivity contribution in [3.05, 3.63) is 90.5 Å². The molecule has 1 saturated heterocycles. The van der Waals surface area contributed by atoms with Gasteiger partial charge in [0.1, 0.15) is 0 Å². The summed E-state index contributed by atoms with van der Waals surface area (Å²) in [5.74, 6) is -0.107. The Morgan fingerprint density at radius 3 is 2.06 bits per heavy atom. The van der Waals surface area contributed by atoms with Gasteiger partial charge >= 0.3 is 0 Å². The third-order valence-corrected chi connectivity index (χ3v) is 7.77. The summed E-state index contributed by atoms with van der Waals surface area (Å²) in [5, 5.41) is 2.88. The lowest BCUT2D eigenvalue weighted by molar-refractivity contribution is -0.117. The minimum Gasteiger partial charge on any atom is -0.369 e. The molecule has 0 saturated carbocycles. The van der Waals surface area contributed by atoms with Crippen LogP contribution in [0.2, 0.25) is 0 Å². The van der Waals surface area contributed by atoms with Gasteiger partial charge in [-0.3, -0.25) is 9.69 Å². The summed E-state index contributed by atoms with van der Waals surface area (Å²) < 4.78 is 27.1. The largest absolute Gasteiger partial charge is 0.369 e. The van der Waals surface area contributed by atoms with Gasteiger partial charge in [0, 0.05) is 51.1 Å². The highest BCUT2D eigenvalue weighted by molar-refractivity contribution is 7.89. The zero-order valence-electron chi connectivity index (χ0n) is 19.3. The van der Waals surface area contributed by atoms with Gasteiger partial charge in [-0.2, -0.15) is 4.31 Å². The predicted octanol–water partition coefficient (Wildman–Crippen LogP) is 3.27. The fourth-order valence-corrected chi connectivity index (χ4v) is 5.18. The van der Waals surface area contributed by atoms with Crippen LogP contribution in [0, 0.1) is 0 Å². The Morgan fingerprint density at radius 1 is 0.853 bits per heavy atom. The normalized spacial score (nSPS) is 14.8. The average molecular weight is 479 g/mol. The highest BCUT2D eigenvalue weighted by Crippen LogP contribution is 2.20. The monoisotopic (exact) mass is 478 g/mol. The SMILES string of the molecule is CN(Cc1ccccc1)S(=O)(=O)c1ccc(NC(=O)CN2CCN(c3ccccc3)CC2)cc1. The summed E-state index contributed by atoms with van der Waals surface area (Å²) in [4.78, 5) is 17.2. The number of anilines is 2. The molecule has 7 nitrogen and oxygen atoms in total. The molecule has 1 amide bonds. The molecule has 1 aliphatic heterocycles. The number of sulfonamides is 1. The van der Waals surface area contributed by atoms with E-state index >= 15 is 0 Å². The molecule has 0 aromatic heterocycles. The summed E-state index contributed by atoms with van der Waals surface area (Å²) in [5.41, 5.74) is 2.70. The van der Waals surface area contributed by atoms with Crippen molar-refractivity contribution in [3.8, 4) is 0 Å². The molecule has 1 N–H and O–H groups in total. The fourth-order valence-electron chi connectivity index (χ4n) is 4.02. The Labute approximate surface area is 201 Å². The van der Waals surface area contributed by atoms with Gasteiger partial charge < -0.3 is 10.2 Å². The van der Waals surface area contributed by atoms with Crippen molar-refractivity contribution in [2.45, 2.75) is 11.4 Å². The van der Waals surface area contributed by atoms with Crippen LogP contribution in [0.25, 0.3) is 0 Å². The maximum atomic E-state index is 12.9. The van der Waals surface area contributed by atoms with Crippen LogP contribution >= 0.6 is 0 Å². The first-order chi connectivity index (χ1) is 16.4. The van der Waals surface area contributed by atoms with E-state index in [0.717, 1.165) is 31.7 Å². The summed E-state index contributed by atoms with van der Waals surface area (Å²) in [6.07, 6.45) is 0. The van der Waals surface area contributed by atoms with Crippen molar-refractivity contribution in [2.75, 3.05) is 50.0 Å². The summed E-state index contributed by atoms with van der Waals surface area (Å²) in [6, 6.07) is 26.1. The van der Waals surface area contributed by atoms with Crippen molar-refractivity contribution >= 4 is 27.3 Å². The van der Waals surface area contributed by atoms with E-state index in [4.69, 9.17) is 0 Å². The van der Waals surface area contributed by atoms with Gasteiger partial charge in [0.15, 0.2) is 0 Å². The summed E-state index contributed by atoms with van der Waals surface area (Å²) >= 11 is 0. The number of carbonyl (C=O) groups excluding carboxylic acids is 1. The van der Waals surface area contributed by atoms with Crippen molar-refractivity contribution in [2.24, 2.45) is 0 Å². The first-order valence-corrected chi connectivity index (χ1v) is 12.8. The van der Waals surface area contributed by atoms with E-state index < -0.39 is 10.0 Å². The predicted molar refractivity (Wildman–Crippen MR) is 135 cm³/mol. The molecule has 4 rings (SSSR count). The first kappa shape index (κ1) is 23.9. The van der Waals surface area contributed by atoms with Crippen LogP contribution in [0.1, 0.15) is 5.56 Å². The Balaban J connectivity index is 1.28. The van der Waals surface area contributed by atoms with Gasteiger partial charge in [0.2, 0.25) is 15.9 Å². The maximum Gasteiger partial charge on any atom is 0.243 e. The standard InChI is InChI=1S/C26H30N4O3S/c1-28(20-22-8-4-2-5-9-22)34(32,33)25-14-12-23(13-15-25)27-26(31)21-29-16-18-30(19-17-29)24-10-6-3-7-11-24/h2-15H,16-21H2,1H3,(H,27,31). The number of amides is 1. The Hall–Kier alpha value is -3.20. The van der Waals surface area contributed by atoms with E-state index in [2.05, 4.69) is 27.2 Å². The fraction of sp³-hybridized carbons (Fsp3) is 0.269. The first-order valence-electron chi connectivity index (χ1n) is 11.3. The molecule has 34 heavy (non-hydrogen) atoms. The Morgan fingerprint density at radius 2 is 1.44 bits per heavy atom. The lowest BCUT2D eigenvalue weighted by Gasteiger charge is -2.35. The molecule has 8 heteroatoms. The summed E-state index contributed by atoms with van der Waals surface area (Å²) in [7, 11) is -2.06. The van der Waals surface area contributed by atoms with Gasteiger partial charge in [-0.25, -0.2) is 8.42 Å². The molecular weight excluding hydrogens is 448 g/mol. The molecule has 0 spiro atoms. The van der Waals surface area contributed by atoms with Crippen LogP contribution in [0.3, 0.4) is 0 Å². The number of nitrogens with zero attached hydrogens (tertiary/aromatic N) is 3. The van der Waals surface area contributed by atoms with E-state index in [1.54, 1.807) is 19.2 Å². The number of piperazine rings is 1. The van der Waals surface area contributed by atoms with E-state index in [1.165, 1.54) is 22.1 Å². The van der Waals surface area contributed by atoms with Crippen molar-refractivity contribution in [3.63, 3.8) is 0 Å². The number of rotatable bonds is 8. The number of para-hydroxylation sites is 1. The second-order valence-corrected chi connectivity index (χ2v) is 10.5. The minimum absolute atomic E-state index is 0.107. The van der Waals surface area contributed by atoms with E-state index in [0.29, 0.717) is 18.8 Å². The molecule has 0 atom stereocenters. The van der Waals surface area contributed by atoms with Crippen molar-refractivity contribution in [1.82, 2.24) is 9.21 Å². The number of hydrogen-bond donors (Lipinski definition) is 1. The molecule has 1 heterocycles. The molecule has 0 unspecified atom stereocenters. The minimum atomic E-state index is -3.63. The number of nitrogens with one attached hydrogen (secondary N) is 1. The van der Waals surface area contributed by atoms with Gasteiger partial charge in [-0.05, 0) is 42.0 Å². The Kier molecular flexibility index (Phi) is 7.62. The van der Waals surface area contributed by atoms with Gasteiger partial charge in [-0.1, -0.05) is 48.5 Å². The number of benzene rings is 3. The topological polar surface area (TPSA) is 73.0 Å². The third kappa shape index (κ3) is 6.02. The molecule has 0 aliphatic carbocycles. The molecule has 0 bridgehead atoms. The molecule has 3 aromatic carbocycles. The highest BCUT2D eigenvalue weighted by Gasteiger charge is 2.22. The quantitative estimate of drug-likeness (QED) is 0.538. The van der Waals surface area contributed by atoms with Gasteiger partial charge in [0.05, 0.1) is 11.4 Å². The van der Waals surface area contributed by atoms with Crippen LogP contribution in [-0.4, -0.2) is 63.3 Å². The van der Waals surface area contributed by atoms with Gasteiger partial charge in [0.25, 0.3) is 0 Å². The third-order valence-electron chi connectivity index (χ3n) is 5.96. The molecular formula is C26H30N4O3S. The molecule has 0 radical (unpaired) electrons. The van der Waals surface area contributed by atoms with Crippen molar-refractivity contribution in [1.29, 1.82) is 0 Å². The van der Waals surface area contributed by atoms with Gasteiger partial charge in [-0.15, -0.1) is 0 Å². The summed E-state index contributed by atoms with van der Waals surface area (Å²) in [6.45, 7) is 3.98. The molecule has 3 aromatic rings. The molecule has 1 fully saturated rings. The number of carbonyl (C=O) groups is 1. The zero-order chi connectivity index (χ0) is 24.0.